The number of hydrogen-bond acceptors (Lipinski definition) is 2. The highest BCUT2D eigenvalue weighted by atomic mass is 19.2. The molecule has 1 aliphatic rings. The summed E-state index contributed by atoms with van der Waals surface area (Å²) in [6.07, 6.45) is 1.90. The molecule has 1 heterocycles. The number of ether oxygens (including phenoxy) is 1. The van der Waals surface area contributed by atoms with Crippen LogP contribution in [-0.4, -0.2) is 45.4 Å². The molecule has 0 aromatic heterocycles. The van der Waals surface area contributed by atoms with Gasteiger partial charge >= 0.3 is 7.27 Å². The summed E-state index contributed by atoms with van der Waals surface area (Å²) in [6.45, 7) is 2.35. The van der Waals surface area contributed by atoms with E-state index in [1.54, 1.807) is 7.11 Å². The summed E-state index contributed by atoms with van der Waals surface area (Å²) in [5.41, 5.74) is 0. The fraction of sp³-hybridized carbons (Fsp3) is 1.00. The molecule has 1 saturated heterocycles. The number of methoxy groups -OCH3 is 1. The van der Waals surface area contributed by atoms with Crippen molar-refractivity contribution in [1.29, 1.82) is 0 Å². The zero-order valence-corrected chi connectivity index (χ0v) is 8.01. The second-order valence-electron chi connectivity index (χ2n) is 3.59. The summed E-state index contributed by atoms with van der Waals surface area (Å²) in [6, 6.07) is 0. The predicted octanol–water partition coefficient (Wildman–Crippen LogP) is 1.31. The van der Waals surface area contributed by atoms with Crippen molar-refractivity contribution in [1.82, 2.24) is 4.90 Å². The molecule has 1 aliphatic heterocycles. The maximum atomic E-state index is 12.0. The number of likely N-dealkylation sites (tertiary alicyclic amines) is 1. The van der Waals surface area contributed by atoms with Crippen LogP contribution in [0.1, 0.15) is 12.8 Å². The molecule has 2 nitrogen and oxygen atoms in total. The van der Waals surface area contributed by atoms with Gasteiger partial charge in [-0.3, -0.25) is 8.63 Å². The van der Waals surface area contributed by atoms with Crippen molar-refractivity contribution in [2.75, 3.05) is 33.3 Å². The monoisotopic (exact) mass is 191 g/mol. The Morgan fingerprint density at radius 2 is 2.00 bits per heavy atom. The zero-order valence-electron chi connectivity index (χ0n) is 8.01. The van der Waals surface area contributed by atoms with Crippen molar-refractivity contribution in [3.8, 4) is 0 Å². The predicted molar refractivity (Wildman–Crippen MR) is 49.0 cm³/mol. The number of halogens is 2. The molecule has 0 bridgehead atoms. The van der Waals surface area contributed by atoms with E-state index in [0.29, 0.717) is 5.92 Å². The first-order chi connectivity index (χ1) is 6.22. The van der Waals surface area contributed by atoms with Gasteiger partial charge in [-0.05, 0) is 31.8 Å². The van der Waals surface area contributed by atoms with Crippen molar-refractivity contribution in [3.05, 3.63) is 0 Å². The number of rotatable bonds is 4. The van der Waals surface area contributed by atoms with Gasteiger partial charge in [-0.15, -0.1) is 0 Å². The van der Waals surface area contributed by atoms with Gasteiger partial charge in [0.1, 0.15) is 0 Å². The first-order valence-electron chi connectivity index (χ1n) is 4.72. The van der Waals surface area contributed by atoms with Gasteiger partial charge < -0.3 is 9.64 Å². The molecule has 76 valence electrons. The van der Waals surface area contributed by atoms with Crippen molar-refractivity contribution in [2.24, 2.45) is 5.92 Å². The molecule has 0 atom stereocenters. The quantitative estimate of drug-likeness (QED) is 0.621. The van der Waals surface area contributed by atoms with Gasteiger partial charge in [-0.2, -0.15) is 0 Å². The van der Waals surface area contributed by atoms with Crippen molar-refractivity contribution in [2.45, 2.75) is 12.8 Å². The van der Waals surface area contributed by atoms with Crippen LogP contribution in [-0.2, 0) is 4.74 Å². The first-order valence-corrected chi connectivity index (χ1v) is 4.72. The minimum Gasteiger partial charge on any atom is -0.384 e. The van der Waals surface area contributed by atoms with Gasteiger partial charge in [0.05, 0.1) is 0 Å². The van der Waals surface area contributed by atoms with Gasteiger partial charge in [0, 0.05) is 20.2 Å². The van der Waals surface area contributed by atoms with E-state index in [1.807, 2.05) is 4.90 Å². The van der Waals surface area contributed by atoms with E-state index >= 15 is 0 Å². The van der Waals surface area contributed by atoms with E-state index in [0.717, 1.165) is 32.5 Å². The average Bonchev–Trinajstić information content (AvgIpc) is 2.08. The summed E-state index contributed by atoms with van der Waals surface area (Å²) in [7, 11) is -0.509. The maximum Gasteiger partial charge on any atom is 0.551 e. The lowest BCUT2D eigenvalue weighted by Crippen LogP contribution is -2.39. The Morgan fingerprint density at radius 1 is 1.38 bits per heavy atom. The average molecular weight is 191 g/mol. The second kappa shape index (κ2) is 5.55. The van der Waals surface area contributed by atoms with Crippen LogP contribution in [0.4, 0.5) is 8.63 Å². The third kappa shape index (κ3) is 4.05. The number of piperidine rings is 1. The van der Waals surface area contributed by atoms with Crippen LogP contribution >= 0.6 is 0 Å². The van der Waals surface area contributed by atoms with E-state index in [-0.39, 0.29) is 6.44 Å². The fourth-order valence-electron chi connectivity index (χ4n) is 1.77. The molecular weight excluding hydrogens is 175 g/mol. The smallest absolute Gasteiger partial charge is 0.384 e. The van der Waals surface area contributed by atoms with Crippen molar-refractivity contribution < 1.29 is 13.4 Å². The van der Waals surface area contributed by atoms with E-state index in [1.165, 1.54) is 0 Å². The Hall–Kier alpha value is -0.155. The Kier molecular flexibility index (Phi) is 4.66. The van der Waals surface area contributed by atoms with Crippen LogP contribution < -0.4 is 0 Å². The first kappa shape index (κ1) is 10.9. The Balaban J connectivity index is 2.15. The second-order valence-corrected chi connectivity index (χ2v) is 3.59. The van der Waals surface area contributed by atoms with E-state index < -0.39 is 7.27 Å². The lowest BCUT2D eigenvalue weighted by molar-refractivity contribution is 0.105. The topological polar surface area (TPSA) is 12.5 Å². The van der Waals surface area contributed by atoms with Crippen LogP contribution in [0.3, 0.4) is 0 Å². The van der Waals surface area contributed by atoms with Gasteiger partial charge in [-0.25, -0.2) is 0 Å². The van der Waals surface area contributed by atoms with Crippen LogP contribution in [0.25, 0.3) is 0 Å². The van der Waals surface area contributed by atoms with Crippen LogP contribution in [0.5, 0.6) is 0 Å². The summed E-state index contributed by atoms with van der Waals surface area (Å²) in [5, 5.41) is 0. The van der Waals surface area contributed by atoms with Crippen molar-refractivity contribution >= 4 is 7.27 Å². The lowest BCUT2D eigenvalue weighted by Gasteiger charge is -2.30. The van der Waals surface area contributed by atoms with Gasteiger partial charge in [0.15, 0.2) is 0 Å². The van der Waals surface area contributed by atoms with E-state index in [2.05, 4.69) is 0 Å². The molecule has 0 aromatic rings. The molecule has 0 saturated carbocycles. The van der Waals surface area contributed by atoms with Crippen LogP contribution in [0.15, 0.2) is 0 Å². The van der Waals surface area contributed by atoms with Crippen LogP contribution in [0.2, 0.25) is 0 Å². The van der Waals surface area contributed by atoms with Crippen molar-refractivity contribution in [3.63, 3.8) is 0 Å². The minimum absolute atomic E-state index is 0.0697. The molecular formula is C8H16BF2NO. The lowest BCUT2D eigenvalue weighted by atomic mass is 9.93. The highest BCUT2D eigenvalue weighted by Crippen LogP contribution is 2.17. The van der Waals surface area contributed by atoms with Gasteiger partial charge in [-0.1, -0.05) is 0 Å². The molecule has 1 fully saturated rings. The summed E-state index contributed by atoms with van der Waals surface area (Å²) < 4.78 is 29.0. The molecule has 5 heteroatoms. The SMILES string of the molecule is COCC1CCN(CB(F)F)CC1. The molecule has 0 spiro atoms. The van der Waals surface area contributed by atoms with E-state index in [9.17, 15) is 8.63 Å². The van der Waals surface area contributed by atoms with Gasteiger partial charge in [0.2, 0.25) is 0 Å². The van der Waals surface area contributed by atoms with E-state index in [4.69, 9.17) is 4.74 Å². The number of hydrogen-bond donors (Lipinski definition) is 0. The number of nitrogens with zero attached hydrogens (tertiary/aromatic N) is 1. The Morgan fingerprint density at radius 3 is 2.46 bits per heavy atom. The molecule has 1 rings (SSSR count). The molecule has 0 aliphatic carbocycles. The third-order valence-electron chi connectivity index (χ3n) is 2.51. The third-order valence-corrected chi connectivity index (χ3v) is 2.51. The normalized spacial score (nSPS) is 20.5. The summed E-state index contributed by atoms with van der Waals surface area (Å²) in [5.74, 6) is 0.568. The Labute approximate surface area is 78.4 Å². The summed E-state index contributed by atoms with van der Waals surface area (Å²) >= 11 is 0. The largest absolute Gasteiger partial charge is 0.551 e. The van der Waals surface area contributed by atoms with Crippen LogP contribution in [0, 0.1) is 5.92 Å². The Bertz CT molecular complexity index is 140. The minimum atomic E-state index is -2.20. The fourth-order valence-corrected chi connectivity index (χ4v) is 1.77. The van der Waals surface area contributed by atoms with Gasteiger partial charge in [0.25, 0.3) is 0 Å². The molecule has 0 aromatic carbocycles. The maximum absolute atomic E-state index is 12.0. The molecule has 0 N–H and O–H groups in total. The highest BCUT2D eigenvalue weighted by molar-refractivity contribution is 6.42. The zero-order chi connectivity index (χ0) is 9.68. The standard InChI is InChI=1S/C8H16BF2NO/c1-13-6-8-2-4-12(5-3-8)7-9(10)11/h8H,2-7H2,1H3. The molecule has 0 amide bonds. The molecule has 0 radical (unpaired) electrons. The molecule has 13 heavy (non-hydrogen) atoms. The summed E-state index contributed by atoms with van der Waals surface area (Å²) in [4.78, 5) is 1.83. The highest BCUT2D eigenvalue weighted by Gasteiger charge is 2.23. The molecule has 0 unspecified atom stereocenters.